The number of terminal acetylenes is 1. The number of hydrogen-bond donors (Lipinski definition) is 2. The summed E-state index contributed by atoms with van der Waals surface area (Å²) >= 11 is 0. The molecule has 0 aromatic heterocycles. The fourth-order valence-corrected chi connectivity index (χ4v) is 3.55. The minimum atomic E-state index is -1.09. The van der Waals surface area contributed by atoms with Crippen molar-refractivity contribution in [2.45, 2.75) is 19.4 Å². The summed E-state index contributed by atoms with van der Waals surface area (Å²) in [4.78, 5) is 25.5. The number of benzene rings is 3. The van der Waals surface area contributed by atoms with Gasteiger partial charge in [-0.25, -0.2) is 9.18 Å². The van der Waals surface area contributed by atoms with E-state index < -0.39 is 23.7 Å². The molecule has 36 heavy (non-hydrogen) atoms. The Kier molecular flexibility index (Phi) is 8.79. The predicted octanol–water partition coefficient (Wildman–Crippen LogP) is 5.52. The molecule has 5 nitrogen and oxygen atoms in total. The predicted molar refractivity (Wildman–Crippen MR) is 138 cm³/mol. The van der Waals surface area contributed by atoms with Gasteiger partial charge in [0.05, 0.1) is 12.7 Å². The molecule has 0 aliphatic rings. The van der Waals surface area contributed by atoms with Crippen LogP contribution in [0.15, 0.2) is 90.5 Å². The van der Waals surface area contributed by atoms with Crippen molar-refractivity contribution in [3.05, 3.63) is 107 Å². The van der Waals surface area contributed by atoms with E-state index in [9.17, 15) is 19.1 Å². The van der Waals surface area contributed by atoms with E-state index in [0.717, 1.165) is 11.1 Å². The Morgan fingerprint density at radius 3 is 2.44 bits per heavy atom. The second-order valence-corrected chi connectivity index (χ2v) is 8.05. The smallest absolute Gasteiger partial charge is 0.328 e. The van der Waals surface area contributed by atoms with E-state index in [2.05, 4.69) is 11.2 Å². The van der Waals surface area contributed by atoms with Gasteiger partial charge in [0, 0.05) is 12.0 Å². The van der Waals surface area contributed by atoms with E-state index in [0.29, 0.717) is 16.7 Å². The Hall–Kier alpha value is -4.63. The molecule has 0 saturated heterocycles. The number of carbonyl (C=O) groups excluding carboxylic acids is 2. The average molecular weight is 484 g/mol. The van der Waals surface area contributed by atoms with Gasteiger partial charge in [0.25, 0.3) is 5.91 Å². The summed E-state index contributed by atoms with van der Waals surface area (Å²) in [5.74, 6) is 0.450. The number of aromatic hydroxyl groups is 1. The summed E-state index contributed by atoms with van der Waals surface area (Å²) in [7, 11) is 1.21. The highest BCUT2D eigenvalue weighted by Gasteiger charge is 2.24. The van der Waals surface area contributed by atoms with Crippen molar-refractivity contribution in [1.29, 1.82) is 0 Å². The first-order valence-electron chi connectivity index (χ1n) is 11.2. The molecule has 0 aliphatic heterocycles. The van der Waals surface area contributed by atoms with Gasteiger partial charge in [0.1, 0.15) is 17.6 Å². The summed E-state index contributed by atoms with van der Waals surface area (Å²) in [5, 5.41) is 12.9. The number of amides is 1. The molecule has 0 bridgehead atoms. The molecule has 0 heterocycles. The van der Waals surface area contributed by atoms with E-state index in [4.69, 9.17) is 11.2 Å². The second-order valence-electron chi connectivity index (χ2n) is 8.05. The van der Waals surface area contributed by atoms with Crippen molar-refractivity contribution >= 4 is 17.4 Å². The fraction of sp³-hybridized carbons (Fsp3) is 0.133. The van der Waals surface area contributed by atoms with Crippen molar-refractivity contribution in [3.63, 3.8) is 0 Å². The monoisotopic (exact) mass is 483 g/mol. The second kappa shape index (κ2) is 12.2. The maximum Gasteiger partial charge on any atom is 0.328 e. The van der Waals surface area contributed by atoms with Gasteiger partial charge in [-0.15, -0.1) is 6.42 Å². The van der Waals surface area contributed by atoms with Crippen LogP contribution in [0.25, 0.3) is 16.7 Å². The van der Waals surface area contributed by atoms with Gasteiger partial charge in [0.2, 0.25) is 0 Å². The van der Waals surface area contributed by atoms with Crippen LogP contribution in [0, 0.1) is 18.2 Å². The first-order chi connectivity index (χ1) is 17.3. The largest absolute Gasteiger partial charge is 0.507 e. The van der Waals surface area contributed by atoms with Crippen LogP contribution < -0.4 is 5.32 Å². The molecule has 0 fully saturated rings. The van der Waals surface area contributed by atoms with Gasteiger partial charge in [0.15, 0.2) is 0 Å². The number of phenols is 1. The molecular formula is C30H26FNO4. The molecule has 6 heteroatoms. The number of nitrogens with one attached hydrogen (secondary N) is 1. The quantitative estimate of drug-likeness (QED) is 0.251. The summed E-state index contributed by atoms with van der Waals surface area (Å²) < 4.78 is 18.5. The zero-order chi connectivity index (χ0) is 26.1. The molecule has 0 radical (unpaired) electrons. The van der Waals surface area contributed by atoms with Gasteiger partial charge in [-0.3, -0.25) is 4.79 Å². The normalized spacial score (nSPS) is 12.4. The average Bonchev–Trinajstić information content (AvgIpc) is 2.90. The van der Waals surface area contributed by atoms with Crippen LogP contribution in [0.5, 0.6) is 5.75 Å². The minimum Gasteiger partial charge on any atom is -0.507 e. The molecule has 1 amide bonds. The minimum absolute atomic E-state index is 0.0117. The van der Waals surface area contributed by atoms with Gasteiger partial charge < -0.3 is 15.2 Å². The zero-order valence-corrected chi connectivity index (χ0v) is 20.0. The third-order valence-corrected chi connectivity index (χ3v) is 5.56. The standard InChI is InChI=1S/C30H26FNO4/c1-4-21(14-13-20(2)22-9-6-5-7-10-22)17-27(30(35)36-3)32-29(34)26-19-24(15-16-28(26)33)23-11-8-12-25(31)18-23/h1,5-16,18-19,27,33H,17H2,2-3H3,(H,32,34)/b20-13+,21-14+/t27-/m0/s1. The van der Waals surface area contributed by atoms with E-state index in [1.165, 1.54) is 31.4 Å². The molecule has 182 valence electrons. The maximum absolute atomic E-state index is 13.6. The number of halogens is 1. The number of phenolic OH excluding ortho intramolecular Hbond substituents is 1. The maximum atomic E-state index is 13.6. The highest BCUT2D eigenvalue weighted by molar-refractivity contribution is 6.00. The topological polar surface area (TPSA) is 75.6 Å². The van der Waals surface area contributed by atoms with E-state index in [1.807, 2.05) is 43.3 Å². The van der Waals surface area contributed by atoms with E-state index in [1.54, 1.807) is 24.3 Å². The Morgan fingerprint density at radius 2 is 1.78 bits per heavy atom. The molecule has 3 aromatic rings. The van der Waals surface area contributed by atoms with Crippen LogP contribution in [0.3, 0.4) is 0 Å². The Balaban J connectivity index is 1.83. The lowest BCUT2D eigenvalue weighted by Crippen LogP contribution is -2.41. The van der Waals surface area contributed by atoms with Crippen molar-refractivity contribution in [2.75, 3.05) is 7.11 Å². The van der Waals surface area contributed by atoms with Crippen molar-refractivity contribution in [1.82, 2.24) is 5.32 Å². The molecule has 3 rings (SSSR count). The van der Waals surface area contributed by atoms with Crippen LogP contribution in [0.2, 0.25) is 0 Å². The highest BCUT2D eigenvalue weighted by atomic mass is 19.1. The zero-order valence-electron chi connectivity index (χ0n) is 20.0. The first kappa shape index (κ1) is 26.0. The molecule has 2 N–H and O–H groups in total. The highest BCUT2D eigenvalue weighted by Crippen LogP contribution is 2.27. The summed E-state index contributed by atoms with van der Waals surface area (Å²) in [6, 6.07) is 18.8. The third-order valence-electron chi connectivity index (χ3n) is 5.56. The van der Waals surface area contributed by atoms with Crippen LogP contribution in [0.4, 0.5) is 4.39 Å². The first-order valence-corrected chi connectivity index (χ1v) is 11.2. The molecular weight excluding hydrogens is 457 g/mol. The van der Waals surface area contributed by atoms with Crippen molar-refractivity contribution in [3.8, 4) is 29.2 Å². The van der Waals surface area contributed by atoms with Gasteiger partial charge in [-0.05, 0) is 53.5 Å². The van der Waals surface area contributed by atoms with Crippen LogP contribution in [0.1, 0.15) is 29.3 Å². The van der Waals surface area contributed by atoms with Crippen LogP contribution >= 0.6 is 0 Å². The third kappa shape index (κ3) is 6.71. The van der Waals surface area contributed by atoms with Gasteiger partial charge in [-0.1, -0.05) is 66.6 Å². The SMILES string of the molecule is C#C/C(=C\C=C(/C)c1ccccc1)C[C@H](NC(=O)c1cc(-c2cccc(F)c2)ccc1O)C(=O)OC. The van der Waals surface area contributed by atoms with E-state index in [-0.39, 0.29) is 17.7 Å². The molecule has 0 spiro atoms. The molecule has 3 aromatic carbocycles. The number of hydrogen-bond acceptors (Lipinski definition) is 4. The Morgan fingerprint density at radius 1 is 1.06 bits per heavy atom. The molecule has 0 aliphatic carbocycles. The number of ether oxygens (including phenoxy) is 1. The van der Waals surface area contributed by atoms with Crippen molar-refractivity contribution in [2.24, 2.45) is 0 Å². The number of allylic oxidation sites excluding steroid dienone is 3. The van der Waals surface area contributed by atoms with E-state index >= 15 is 0 Å². The van der Waals surface area contributed by atoms with Gasteiger partial charge >= 0.3 is 5.97 Å². The molecule has 0 saturated carbocycles. The number of methoxy groups -OCH3 is 1. The lowest BCUT2D eigenvalue weighted by Gasteiger charge is -2.17. The van der Waals surface area contributed by atoms with Crippen LogP contribution in [-0.4, -0.2) is 30.1 Å². The lowest BCUT2D eigenvalue weighted by molar-refractivity contribution is -0.142. The number of rotatable bonds is 8. The summed E-state index contributed by atoms with van der Waals surface area (Å²) in [6.45, 7) is 1.94. The van der Waals surface area contributed by atoms with Gasteiger partial charge in [-0.2, -0.15) is 0 Å². The summed E-state index contributed by atoms with van der Waals surface area (Å²) in [5.41, 5.74) is 3.46. The molecule has 0 unspecified atom stereocenters. The molecule has 1 atom stereocenters. The van der Waals surface area contributed by atoms with Crippen LogP contribution in [-0.2, 0) is 9.53 Å². The lowest BCUT2D eigenvalue weighted by atomic mass is 10.0. The Labute approximate surface area is 209 Å². The number of carbonyl (C=O) groups is 2. The summed E-state index contributed by atoms with van der Waals surface area (Å²) in [6.07, 6.45) is 9.24. The number of esters is 1. The van der Waals surface area contributed by atoms with Crippen molar-refractivity contribution < 1.29 is 23.8 Å². The fourth-order valence-electron chi connectivity index (χ4n) is 3.55. The Bertz CT molecular complexity index is 1350.